The van der Waals surface area contributed by atoms with E-state index in [1.807, 2.05) is 6.07 Å². The zero-order valence-corrected chi connectivity index (χ0v) is 34.3. The Hall–Kier alpha value is -7.43. The first-order chi connectivity index (χ1) is 29.7. The van der Waals surface area contributed by atoms with Gasteiger partial charge in [0.25, 0.3) is 0 Å². The van der Waals surface area contributed by atoms with E-state index in [1.54, 1.807) is 0 Å². The fraction of sp³-hybridized carbons (Fsp3) is 0.105. The molecule has 4 heteroatoms. The van der Waals surface area contributed by atoms with E-state index in [9.17, 15) is 0 Å². The van der Waals surface area contributed by atoms with Gasteiger partial charge >= 0.3 is 0 Å². The molecule has 0 N–H and O–H groups in total. The molecule has 2 aliphatic rings. The summed E-state index contributed by atoms with van der Waals surface area (Å²) in [6.45, 7) is 9.31. The van der Waals surface area contributed by atoms with Gasteiger partial charge in [0.15, 0.2) is 17.5 Å². The smallest absolute Gasteiger partial charge is 0.164 e. The number of furan rings is 1. The standard InChI is InChI=1S/C57H39N3O/c1-56(2)43-18-10-7-15-38(43)50-45(56)28-27-34-24-22-33-23-26-37(30-41(33)48(34)50)54-58-53(36-25-21-32-13-5-6-14-35(32)29-36)59-55(60-54)42-31-46-51(39-16-8-11-19-44(39)57(46,3)4)52-49(42)40-17-9-12-20-47(40)61-52/h5-31H,1-4H3. The summed E-state index contributed by atoms with van der Waals surface area (Å²) in [4.78, 5) is 16.2. The van der Waals surface area contributed by atoms with Gasteiger partial charge in [-0.05, 0) is 95.5 Å². The normalized spacial score (nSPS) is 14.5. The minimum atomic E-state index is -0.266. The van der Waals surface area contributed by atoms with Crippen LogP contribution in [-0.4, -0.2) is 15.0 Å². The lowest BCUT2D eigenvalue weighted by Gasteiger charge is -2.22. The molecule has 61 heavy (non-hydrogen) atoms. The highest BCUT2D eigenvalue weighted by Gasteiger charge is 2.39. The fourth-order valence-corrected chi connectivity index (χ4v) is 10.8. The van der Waals surface area contributed by atoms with Gasteiger partial charge in [-0.3, -0.25) is 0 Å². The lowest BCUT2D eigenvalue weighted by molar-refractivity contribution is 0.653. The van der Waals surface area contributed by atoms with Crippen LogP contribution in [0.4, 0.5) is 0 Å². The van der Waals surface area contributed by atoms with Crippen LogP contribution in [0.3, 0.4) is 0 Å². The molecule has 0 unspecified atom stereocenters. The van der Waals surface area contributed by atoms with Crippen LogP contribution in [0, 0.1) is 0 Å². The Morgan fingerprint density at radius 2 is 0.951 bits per heavy atom. The van der Waals surface area contributed by atoms with Gasteiger partial charge in [-0.1, -0.05) is 167 Å². The minimum Gasteiger partial charge on any atom is -0.455 e. The molecule has 9 aromatic carbocycles. The maximum absolute atomic E-state index is 6.88. The monoisotopic (exact) mass is 781 g/mol. The van der Waals surface area contributed by atoms with Crippen molar-refractivity contribution in [2.75, 3.05) is 0 Å². The first-order valence-electron chi connectivity index (χ1n) is 21.2. The summed E-state index contributed by atoms with van der Waals surface area (Å²) in [6.07, 6.45) is 0. The van der Waals surface area contributed by atoms with E-state index in [-0.39, 0.29) is 10.8 Å². The van der Waals surface area contributed by atoms with Crippen molar-refractivity contribution in [1.82, 2.24) is 15.0 Å². The molecule has 4 nitrogen and oxygen atoms in total. The lowest BCUT2D eigenvalue weighted by Crippen LogP contribution is -2.15. The van der Waals surface area contributed by atoms with Crippen molar-refractivity contribution >= 4 is 54.3 Å². The molecule has 0 aliphatic heterocycles. The highest BCUT2D eigenvalue weighted by atomic mass is 16.3. The van der Waals surface area contributed by atoms with Crippen molar-refractivity contribution in [3.05, 3.63) is 186 Å². The summed E-state index contributed by atoms with van der Waals surface area (Å²) >= 11 is 0. The van der Waals surface area contributed by atoms with Crippen LogP contribution in [0.25, 0.3) is 111 Å². The van der Waals surface area contributed by atoms with E-state index < -0.39 is 0 Å². The van der Waals surface area contributed by atoms with Crippen LogP contribution in [0.15, 0.2) is 168 Å². The van der Waals surface area contributed by atoms with Gasteiger partial charge in [0.1, 0.15) is 11.2 Å². The number of rotatable bonds is 3. The number of nitrogens with zero attached hydrogens (tertiary/aromatic N) is 3. The molecule has 0 saturated heterocycles. The summed E-state index contributed by atoms with van der Waals surface area (Å²) < 4.78 is 6.88. The SMILES string of the molecule is CC1(C)c2ccccc2-c2c1cc(-c1nc(-c3ccc4ccccc4c3)nc(-c3ccc4ccc5ccc6c(c5c4c3)-c3ccccc3C6(C)C)n1)c1c2oc2ccccc21. The maximum atomic E-state index is 6.88. The summed E-state index contributed by atoms with van der Waals surface area (Å²) in [5, 5.41) is 9.23. The molecule has 2 heterocycles. The van der Waals surface area contributed by atoms with Crippen molar-refractivity contribution in [3.8, 4) is 56.4 Å². The van der Waals surface area contributed by atoms with Crippen LogP contribution in [0.1, 0.15) is 49.9 Å². The Morgan fingerprint density at radius 1 is 0.377 bits per heavy atom. The molecule has 0 saturated carbocycles. The molecule has 0 bridgehead atoms. The number of aromatic nitrogens is 3. The van der Waals surface area contributed by atoms with Crippen molar-refractivity contribution in [2.24, 2.45) is 0 Å². The average molecular weight is 782 g/mol. The molecule has 0 spiro atoms. The highest BCUT2D eigenvalue weighted by molar-refractivity contribution is 6.19. The van der Waals surface area contributed by atoms with Gasteiger partial charge in [0.05, 0.1) is 0 Å². The molecule has 2 aliphatic carbocycles. The third-order valence-electron chi connectivity index (χ3n) is 13.9. The van der Waals surface area contributed by atoms with Gasteiger partial charge < -0.3 is 4.42 Å². The lowest BCUT2D eigenvalue weighted by atomic mass is 9.81. The Labute approximate surface area is 353 Å². The van der Waals surface area contributed by atoms with Crippen LogP contribution >= 0.6 is 0 Å². The van der Waals surface area contributed by atoms with E-state index >= 15 is 0 Å². The molecule has 2 aromatic heterocycles. The van der Waals surface area contributed by atoms with Crippen LogP contribution < -0.4 is 0 Å². The number of hydrogen-bond donors (Lipinski definition) is 0. The summed E-state index contributed by atoms with van der Waals surface area (Å²) in [5.41, 5.74) is 14.4. The van der Waals surface area contributed by atoms with Crippen molar-refractivity contribution in [1.29, 1.82) is 0 Å². The maximum Gasteiger partial charge on any atom is 0.164 e. The summed E-state index contributed by atoms with van der Waals surface area (Å²) in [5.74, 6) is 1.88. The third-order valence-corrected chi connectivity index (χ3v) is 13.9. The van der Waals surface area contributed by atoms with E-state index in [0.29, 0.717) is 17.5 Å². The highest BCUT2D eigenvalue weighted by Crippen LogP contribution is 2.55. The molecule has 0 amide bonds. The number of para-hydroxylation sites is 1. The minimum absolute atomic E-state index is 0.105. The fourth-order valence-electron chi connectivity index (χ4n) is 10.8. The van der Waals surface area contributed by atoms with E-state index in [1.165, 1.54) is 65.9 Å². The molecule has 11 aromatic rings. The molecule has 0 atom stereocenters. The van der Waals surface area contributed by atoms with E-state index in [2.05, 4.69) is 185 Å². The molecule has 0 fully saturated rings. The molecular formula is C57H39N3O. The zero-order valence-electron chi connectivity index (χ0n) is 34.3. The second-order valence-corrected chi connectivity index (χ2v) is 17.9. The Balaban J connectivity index is 1.11. The second-order valence-electron chi connectivity index (χ2n) is 17.9. The second kappa shape index (κ2) is 12.1. The first kappa shape index (κ1) is 34.4. The molecule has 13 rings (SSSR count). The summed E-state index contributed by atoms with van der Waals surface area (Å²) in [7, 11) is 0. The van der Waals surface area contributed by atoms with Crippen LogP contribution in [0.2, 0.25) is 0 Å². The van der Waals surface area contributed by atoms with Gasteiger partial charge in [0, 0.05) is 43.9 Å². The van der Waals surface area contributed by atoms with Gasteiger partial charge in [-0.2, -0.15) is 0 Å². The van der Waals surface area contributed by atoms with Crippen molar-refractivity contribution in [2.45, 2.75) is 38.5 Å². The Morgan fingerprint density at radius 3 is 1.74 bits per heavy atom. The number of fused-ring (bicyclic) bond motifs is 15. The summed E-state index contributed by atoms with van der Waals surface area (Å²) in [6, 6.07) is 59.1. The molecule has 0 radical (unpaired) electrons. The van der Waals surface area contributed by atoms with Crippen LogP contribution in [0.5, 0.6) is 0 Å². The van der Waals surface area contributed by atoms with Crippen molar-refractivity contribution in [3.63, 3.8) is 0 Å². The molecule has 288 valence electrons. The predicted molar refractivity (Wildman–Crippen MR) is 251 cm³/mol. The largest absolute Gasteiger partial charge is 0.455 e. The van der Waals surface area contributed by atoms with Crippen LogP contribution in [-0.2, 0) is 10.8 Å². The van der Waals surface area contributed by atoms with Crippen molar-refractivity contribution < 1.29 is 4.42 Å². The topological polar surface area (TPSA) is 51.8 Å². The van der Waals surface area contributed by atoms with Gasteiger partial charge in [-0.15, -0.1) is 0 Å². The predicted octanol–water partition coefficient (Wildman–Crippen LogP) is 14.8. The Kier molecular flexibility index (Phi) is 6.82. The van der Waals surface area contributed by atoms with E-state index in [4.69, 9.17) is 19.4 Å². The Bertz CT molecular complexity index is 3720. The third kappa shape index (κ3) is 4.73. The zero-order chi connectivity index (χ0) is 40.8. The number of hydrogen-bond acceptors (Lipinski definition) is 4. The number of benzene rings is 9. The quantitative estimate of drug-likeness (QED) is 0.168. The van der Waals surface area contributed by atoms with Gasteiger partial charge in [0.2, 0.25) is 0 Å². The molecular weight excluding hydrogens is 743 g/mol. The average Bonchev–Trinajstić information content (AvgIpc) is 3.88. The van der Waals surface area contributed by atoms with Gasteiger partial charge in [-0.25, -0.2) is 15.0 Å². The van der Waals surface area contributed by atoms with E-state index in [0.717, 1.165) is 49.6 Å². The first-order valence-corrected chi connectivity index (χ1v) is 21.2.